The molecule has 3 amide bonds. The number of likely N-dealkylation sites (tertiary alicyclic amines) is 1. The average molecular weight is 538 g/mol. The van der Waals surface area contributed by atoms with Crippen molar-refractivity contribution in [1.29, 1.82) is 0 Å². The number of aliphatic hydroxyl groups excluding tert-OH is 3. The Kier molecular flexibility index (Phi) is 8.84. The van der Waals surface area contributed by atoms with Crippen LogP contribution in [-0.4, -0.2) is 69.7 Å². The maximum absolute atomic E-state index is 13.1. The summed E-state index contributed by atoms with van der Waals surface area (Å²) in [6.45, 7) is 1.09. The molecule has 1 aliphatic carbocycles. The van der Waals surface area contributed by atoms with Crippen LogP contribution in [0.1, 0.15) is 44.6 Å². The SMILES string of the molecule is CCC/C(=C\c1ccc(O)c2ccccc12)CC[C@@H](O)C1=C(CO)C[C@H]2C(=O)N(C(=O)OC)C(=O)[C@H]2[C@H]1CO. The maximum Gasteiger partial charge on any atom is 0.423 e. The second-order valence-electron chi connectivity index (χ2n) is 10.2. The fourth-order valence-corrected chi connectivity index (χ4v) is 6.10. The van der Waals surface area contributed by atoms with Gasteiger partial charge in [-0.1, -0.05) is 55.3 Å². The zero-order valence-corrected chi connectivity index (χ0v) is 22.2. The molecule has 0 aromatic heterocycles. The van der Waals surface area contributed by atoms with Gasteiger partial charge in [0.15, 0.2) is 0 Å². The third-order valence-electron chi connectivity index (χ3n) is 7.89. The number of fused-ring (bicyclic) bond motifs is 2. The highest BCUT2D eigenvalue weighted by atomic mass is 16.5. The molecule has 0 saturated carbocycles. The smallest absolute Gasteiger partial charge is 0.423 e. The van der Waals surface area contributed by atoms with Gasteiger partial charge in [0.25, 0.3) is 0 Å². The van der Waals surface area contributed by atoms with Gasteiger partial charge in [0.1, 0.15) is 5.75 Å². The fourth-order valence-electron chi connectivity index (χ4n) is 6.10. The van der Waals surface area contributed by atoms with E-state index in [0.29, 0.717) is 22.5 Å². The Balaban J connectivity index is 1.60. The normalized spacial score (nSPS) is 22.4. The first-order chi connectivity index (χ1) is 18.8. The van der Waals surface area contributed by atoms with E-state index in [1.807, 2.05) is 30.3 Å². The average Bonchev–Trinajstić information content (AvgIpc) is 3.20. The van der Waals surface area contributed by atoms with E-state index in [2.05, 4.69) is 17.7 Å². The molecular formula is C30H35NO8. The number of nitrogens with zero attached hydrogens (tertiary/aromatic N) is 1. The van der Waals surface area contributed by atoms with Gasteiger partial charge in [0.05, 0.1) is 38.3 Å². The minimum atomic E-state index is -1.08. The number of methoxy groups -OCH3 is 1. The highest BCUT2D eigenvalue weighted by Crippen LogP contribution is 2.46. The summed E-state index contributed by atoms with van der Waals surface area (Å²) < 4.78 is 4.60. The summed E-state index contributed by atoms with van der Waals surface area (Å²) in [6.07, 6.45) is 2.37. The molecule has 2 aromatic rings. The van der Waals surface area contributed by atoms with E-state index in [4.69, 9.17) is 0 Å². The van der Waals surface area contributed by atoms with Crippen LogP contribution in [0.3, 0.4) is 0 Å². The van der Waals surface area contributed by atoms with Crippen LogP contribution in [0.2, 0.25) is 0 Å². The van der Waals surface area contributed by atoms with Gasteiger partial charge in [-0.05, 0) is 53.8 Å². The Morgan fingerprint density at radius 3 is 2.46 bits per heavy atom. The van der Waals surface area contributed by atoms with Gasteiger partial charge in [-0.3, -0.25) is 9.59 Å². The minimum Gasteiger partial charge on any atom is -0.507 e. The van der Waals surface area contributed by atoms with Crippen molar-refractivity contribution in [2.45, 2.75) is 45.1 Å². The molecule has 4 rings (SSSR count). The lowest BCUT2D eigenvalue weighted by Gasteiger charge is -2.36. The first kappa shape index (κ1) is 28.5. The highest BCUT2D eigenvalue weighted by molar-refractivity contribution is 6.16. The summed E-state index contributed by atoms with van der Waals surface area (Å²) >= 11 is 0. The number of carbonyl (C=O) groups excluding carboxylic acids is 3. The Morgan fingerprint density at radius 1 is 1.10 bits per heavy atom. The number of phenolic OH excluding ortho intramolecular Hbond substituents is 1. The van der Waals surface area contributed by atoms with Crippen molar-refractivity contribution in [3.63, 3.8) is 0 Å². The number of benzene rings is 2. The largest absolute Gasteiger partial charge is 0.507 e. The van der Waals surface area contributed by atoms with Crippen molar-refractivity contribution >= 4 is 34.8 Å². The molecule has 208 valence electrons. The quantitative estimate of drug-likeness (QED) is 0.281. The zero-order valence-electron chi connectivity index (χ0n) is 22.2. The van der Waals surface area contributed by atoms with E-state index < -0.39 is 55.0 Å². The second-order valence-corrected chi connectivity index (χ2v) is 10.2. The topological polar surface area (TPSA) is 145 Å². The van der Waals surface area contributed by atoms with Crippen molar-refractivity contribution in [1.82, 2.24) is 4.90 Å². The van der Waals surface area contributed by atoms with Crippen molar-refractivity contribution in [3.05, 3.63) is 58.7 Å². The fraction of sp³-hybridized carbons (Fsp3) is 0.433. The van der Waals surface area contributed by atoms with Crippen molar-refractivity contribution in [2.75, 3.05) is 20.3 Å². The third kappa shape index (κ3) is 5.34. The summed E-state index contributed by atoms with van der Waals surface area (Å²) in [4.78, 5) is 38.5. The van der Waals surface area contributed by atoms with Crippen molar-refractivity contribution in [2.24, 2.45) is 17.8 Å². The molecule has 0 bridgehead atoms. The molecule has 2 aliphatic rings. The Labute approximate surface area is 227 Å². The van der Waals surface area contributed by atoms with E-state index in [-0.39, 0.29) is 18.6 Å². The van der Waals surface area contributed by atoms with Crippen LogP contribution in [0, 0.1) is 17.8 Å². The van der Waals surface area contributed by atoms with E-state index in [0.717, 1.165) is 41.9 Å². The van der Waals surface area contributed by atoms with E-state index in [1.54, 1.807) is 6.07 Å². The van der Waals surface area contributed by atoms with Gasteiger partial charge in [0.2, 0.25) is 11.8 Å². The van der Waals surface area contributed by atoms with Crippen LogP contribution in [0.15, 0.2) is 53.1 Å². The van der Waals surface area contributed by atoms with Gasteiger partial charge in [0, 0.05) is 11.3 Å². The monoisotopic (exact) mass is 537 g/mol. The van der Waals surface area contributed by atoms with Crippen LogP contribution in [0.5, 0.6) is 5.75 Å². The lowest BCUT2D eigenvalue weighted by molar-refractivity contribution is -0.137. The second kappa shape index (κ2) is 12.1. The molecule has 1 fully saturated rings. The van der Waals surface area contributed by atoms with Crippen LogP contribution >= 0.6 is 0 Å². The lowest BCUT2D eigenvalue weighted by Crippen LogP contribution is -2.40. The summed E-state index contributed by atoms with van der Waals surface area (Å²) in [5.74, 6) is -4.12. The van der Waals surface area contributed by atoms with Crippen molar-refractivity contribution < 1.29 is 39.5 Å². The molecule has 4 atom stereocenters. The third-order valence-corrected chi connectivity index (χ3v) is 7.89. The molecule has 9 heteroatoms. The van der Waals surface area contributed by atoms with Gasteiger partial charge in [-0.15, -0.1) is 0 Å². The van der Waals surface area contributed by atoms with Crippen molar-refractivity contribution in [3.8, 4) is 5.75 Å². The van der Waals surface area contributed by atoms with Crippen LogP contribution in [0.4, 0.5) is 4.79 Å². The summed E-state index contributed by atoms with van der Waals surface area (Å²) in [6, 6.07) is 11.1. The molecule has 39 heavy (non-hydrogen) atoms. The van der Waals surface area contributed by atoms with E-state index in [9.17, 15) is 34.8 Å². The number of allylic oxidation sites excluding steroid dienone is 1. The van der Waals surface area contributed by atoms with Crippen LogP contribution in [0.25, 0.3) is 16.8 Å². The van der Waals surface area contributed by atoms with Crippen LogP contribution < -0.4 is 0 Å². The maximum atomic E-state index is 13.1. The summed E-state index contributed by atoms with van der Waals surface area (Å²) in [5.41, 5.74) is 2.79. The number of hydrogen-bond acceptors (Lipinski definition) is 8. The number of ether oxygens (including phenoxy) is 1. The minimum absolute atomic E-state index is 0.0132. The molecule has 4 N–H and O–H groups in total. The predicted octanol–water partition coefficient (Wildman–Crippen LogP) is 3.54. The Morgan fingerprint density at radius 2 is 1.82 bits per heavy atom. The summed E-state index contributed by atoms with van der Waals surface area (Å²) in [5, 5.41) is 43.6. The molecule has 0 radical (unpaired) electrons. The Hall–Kier alpha value is -3.53. The molecule has 9 nitrogen and oxygen atoms in total. The Bertz CT molecular complexity index is 1330. The number of aliphatic hydroxyl groups is 3. The zero-order chi connectivity index (χ0) is 28.3. The standard InChI is InChI=1S/C30H35NO8/c1-3-6-17(13-18-10-12-24(34)21-8-5-4-7-20(18)21)9-11-25(35)26-19(15-32)14-22-27(23(26)16-33)29(37)31(28(22)36)30(38)39-2/h4-5,7-8,10,12-13,22-23,25,27,32-35H,3,6,9,11,14-16H2,1-2H3/b17-13+/t22-,23+,25-,27-/m1/s1. The number of imide groups is 3. The lowest BCUT2D eigenvalue weighted by atomic mass is 9.68. The van der Waals surface area contributed by atoms with Crippen LogP contribution in [-0.2, 0) is 14.3 Å². The number of carbonyl (C=O) groups is 3. The van der Waals surface area contributed by atoms with Gasteiger partial charge in [-0.2, -0.15) is 4.90 Å². The predicted molar refractivity (Wildman–Crippen MR) is 144 cm³/mol. The molecule has 2 aromatic carbocycles. The van der Waals surface area contributed by atoms with Gasteiger partial charge in [-0.25, -0.2) is 4.79 Å². The molecule has 1 aliphatic heterocycles. The van der Waals surface area contributed by atoms with Gasteiger partial charge < -0.3 is 25.2 Å². The number of phenols is 1. The van der Waals surface area contributed by atoms with E-state index >= 15 is 0 Å². The number of rotatable bonds is 9. The first-order valence-electron chi connectivity index (χ1n) is 13.2. The number of amides is 3. The highest BCUT2D eigenvalue weighted by Gasteiger charge is 2.57. The van der Waals surface area contributed by atoms with Gasteiger partial charge >= 0.3 is 6.09 Å². The molecule has 1 saturated heterocycles. The molecule has 0 spiro atoms. The van der Waals surface area contributed by atoms with E-state index in [1.165, 1.54) is 0 Å². The molecule has 0 unspecified atom stereocenters. The number of hydrogen-bond donors (Lipinski definition) is 4. The summed E-state index contributed by atoms with van der Waals surface area (Å²) in [7, 11) is 1.07. The molecule has 1 heterocycles. The first-order valence-corrected chi connectivity index (χ1v) is 13.2. The number of aromatic hydroxyl groups is 1. The molecular weight excluding hydrogens is 502 g/mol.